The van der Waals surface area contributed by atoms with Crippen LogP contribution >= 0.6 is 0 Å². The fraction of sp³-hybridized carbons (Fsp3) is 0.533. The van der Waals surface area contributed by atoms with Gasteiger partial charge in [0.05, 0.1) is 10.5 Å². The summed E-state index contributed by atoms with van der Waals surface area (Å²) in [5.74, 6) is 0. The van der Waals surface area contributed by atoms with Crippen molar-refractivity contribution in [1.82, 2.24) is 9.21 Å². The number of halogens is 3. The number of carbonyl (C=O) groups is 1. The molecule has 2 saturated heterocycles. The fourth-order valence-corrected chi connectivity index (χ4v) is 4.99. The number of hydrogen-bond acceptors (Lipinski definition) is 3. The predicted molar refractivity (Wildman–Crippen MR) is 81.5 cm³/mol. The number of rotatable bonds is 2. The SMILES string of the molecule is O=C(O)N1CCC2(CC1)CN(S(=O)(=O)c1ccc(C(F)(F)F)cc1)C2. The number of carboxylic acid groups (broad SMARTS) is 1. The molecule has 0 unspecified atom stereocenters. The molecule has 1 amide bonds. The number of alkyl halides is 3. The van der Waals surface area contributed by atoms with Gasteiger partial charge in [0, 0.05) is 31.6 Å². The van der Waals surface area contributed by atoms with E-state index in [-0.39, 0.29) is 23.4 Å². The van der Waals surface area contributed by atoms with Gasteiger partial charge in [0.2, 0.25) is 10.0 Å². The second-order valence-corrected chi connectivity index (χ2v) is 8.50. The summed E-state index contributed by atoms with van der Waals surface area (Å²) in [6, 6.07) is 3.45. The molecular weight excluding hydrogens is 361 g/mol. The zero-order valence-corrected chi connectivity index (χ0v) is 14.0. The number of amides is 1. The zero-order valence-electron chi connectivity index (χ0n) is 13.2. The predicted octanol–water partition coefficient (Wildman–Crippen LogP) is 2.47. The molecule has 6 nitrogen and oxygen atoms in total. The smallest absolute Gasteiger partial charge is 0.416 e. The van der Waals surface area contributed by atoms with Crippen molar-refractivity contribution in [2.45, 2.75) is 23.9 Å². The van der Waals surface area contributed by atoms with Crippen LogP contribution in [0.5, 0.6) is 0 Å². The molecule has 3 rings (SSSR count). The van der Waals surface area contributed by atoms with Gasteiger partial charge in [0.15, 0.2) is 0 Å². The van der Waals surface area contributed by atoms with Gasteiger partial charge >= 0.3 is 12.3 Å². The van der Waals surface area contributed by atoms with Gasteiger partial charge in [-0.3, -0.25) is 0 Å². The highest BCUT2D eigenvalue weighted by Gasteiger charge is 2.50. The van der Waals surface area contributed by atoms with Crippen molar-refractivity contribution in [2.75, 3.05) is 26.2 Å². The van der Waals surface area contributed by atoms with Crippen LogP contribution in [0.1, 0.15) is 18.4 Å². The van der Waals surface area contributed by atoms with Gasteiger partial charge in [-0.25, -0.2) is 13.2 Å². The maximum atomic E-state index is 12.6. The van der Waals surface area contributed by atoms with E-state index < -0.39 is 27.9 Å². The molecule has 2 aliphatic heterocycles. The van der Waals surface area contributed by atoms with Crippen molar-refractivity contribution in [3.05, 3.63) is 29.8 Å². The largest absolute Gasteiger partial charge is 0.465 e. The molecule has 1 spiro atoms. The van der Waals surface area contributed by atoms with Gasteiger partial charge in [0.25, 0.3) is 0 Å². The molecule has 2 heterocycles. The third kappa shape index (κ3) is 3.32. The minimum Gasteiger partial charge on any atom is -0.465 e. The lowest BCUT2D eigenvalue weighted by Crippen LogP contribution is -2.62. The molecule has 2 aliphatic rings. The lowest BCUT2D eigenvalue weighted by atomic mass is 9.73. The minimum absolute atomic E-state index is 0.168. The Hall–Kier alpha value is -1.81. The molecule has 0 radical (unpaired) electrons. The second-order valence-electron chi connectivity index (χ2n) is 6.56. The molecule has 1 aromatic carbocycles. The van der Waals surface area contributed by atoms with Gasteiger partial charge < -0.3 is 10.0 Å². The first-order valence-corrected chi connectivity index (χ1v) is 9.13. The molecule has 2 fully saturated rings. The number of benzene rings is 1. The summed E-state index contributed by atoms with van der Waals surface area (Å²) in [5.41, 5.74) is -1.13. The van der Waals surface area contributed by atoms with E-state index in [2.05, 4.69) is 0 Å². The molecule has 1 N–H and O–H groups in total. The van der Waals surface area contributed by atoms with Crippen molar-refractivity contribution < 1.29 is 31.5 Å². The van der Waals surface area contributed by atoms with E-state index in [1.807, 2.05) is 0 Å². The van der Waals surface area contributed by atoms with E-state index in [9.17, 15) is 26.4 Å². The molecule has 10 heteroatoms. The molecular formula is C15H17F3N2O4S. The maximum absolute atomic E-state index is 12.6. The van der Waals surface area contributed by atoms with Crippen molar-refractivity contribution in [3.8, 4) is 0 Å². The van der Waals surface area contributed by atoms with Gasteiger partial charge in [-0.15, -0.1) is 0 Å². The first-order valence-electron chi connectivity index (χ1n) is 7.69. The highest BCUT2D eigenvalue weighted by atomic mass is 32.2. The van der Waals surface area contributed by atoms with Crippen molar-refractivity contribution in [3.63, 3.8) is 0 Å². The van der Waals surface area contributed by atoms with E-state index >= 15 is 0 Å². The normalized spacial score (nSPS) is 21.2. The van der Waals surface area contributed by atoms with Crippen LogP contribution in [0.3, 0.4) is 0 Å². The van der Waals surface area contributed by atoms with Crippen LogP contribution in [0.4, 0.5) is 18.0 Å². The molecule has 0 aliphatic carbocycles. The van der Waals surface area contributed by atoms with E-state index in [1.54, 1.807) is 0 Å². The van der Waals surface area contributed by atoms with Crippen LogP contribution in [0.2, 0.25) is 0 Å². The summed E-state index contributed by atoms with van der Waals surface area (Å²) in [4.78, 5) is 12.1. The number of sulfonamides is 1. The summed E-state index contributed by atoms with van der Waals surface area (Å²) >= 11 is 0. The van der Waals surface area contributed by atoms with Crippen LogP contribution < -0.4 is 0 Å². The molecule has 0 aromatic heterocycles. The summed E-state index contributed by atoms with van der Waals surface area (Å²) < 4.78 is 64.0. The molecule has 0 bridgehead atoms. The monoisotopic (exact) mass is 378 g/mol. The second kappa shape index (κ2) is 5.87. The Bertz CT molecular complexity index is 761. The number of hydrogen-bond donors (Lipinski definition) is 1. The van der Waals surface area contributed by atoms with Gasteiger partial charge in [-0.2, -0.15) is 17.5 Å². The van der Waals surface area contributed by atoms with E-state index in [1.165, 1.54) is 9.21 Å². The Balaban J connectivity index is 1.67. The first-order chi connectivity index (χ1) is 11.5. The Morgan fingerprint density at radius 2 is 1.60 bits per heavy atom. The van der Waals surface area contributed by atoms with Crippen LogP contribution in [0.15, 0.2) is 29.2 Å². The third-order valence-corrected chi connectivity index (χ3v) is 6.74. The molecule has 0 saturated carbocycles. The average molecular weight is 378 g/mol. The van der Waals surface area contributed by atoms with Gasteiger partial charge in [-0.1, -0.05) is 0 Å². The quantitative estimate of drug-likeness (QED) is 0.858. The molecule has 25 heavy (non-hydrogen) atoms. The summed E-state index contributed by atoms with van der Waals surface area (Å²) in [7, 11) is -3.83. The van der Waals surface area contributed by atoms with Crippen molar-refractivity contribution >= 4 is 16.1 Å². The highest BCUT2D eigenvalue weighted by Crippen LogP contribution is 2.43. The standard InChI is InChI=1S/C15H17F3N2O4S/c16-15(17,18)11-1-3-12(4-2-11)25(23,24)20-9-14(10-20)5-7-19(8-6-14)13(21)22/h1-4H,5-10H2,(H,21,22). The van der Waals surface area contributed by atoms with Crippen LogP contribution in [0, 0.1) is 5.41 Å². The molecule has 138 valence electrons. The Kier molecular flexibility index (Phi) is 4.23. The van der Waals surface area contributed by atoms with Gasteiger partial charge in [-0.05, 0) is 37.1 Å². The third-order valence-electron chi connectivity index (χ3n) is 4.94. The van der Waals surface area contributed by atoms with Crippen molar-refractivity contribution in [1.29, 1.82) is 0 Å². The number of piperidine rings is 1. The van der Waals surface area contributed by atoms with Gasteiger partial charge in [0.1, 0.15) is 0 Å². The van der Waals surface area contributed by atoms with Crippen LogP contribution in [0.25, 0.3) is 0 Å². The maximum Gasteiger partial charge on any atom is 0.416 e. The lowest BCUT2D eigenvalue weighted by molar-refractivity contribution is -0.137. The van der Waals surface area contributed by atoms with Crippen LogP contribution in [-0.4, -0.2) is 55.0 Å². The summed E-state index contributed by atoms with van der Waals surface area (Å²) in [6.45, 7) is 1.26. The van der Waals surface area contributed by atoms with Crippen LogP contribution in [-0.2, 0) is 16.2 Å². The number of nitrogens with zero attached hydrogens (tertiary/aromatic N) is 2. The lowest BCUT2D eigenvalue weighted by Gasteiger charge is -2.52. The molecule has 0 atom stereocenters. The first kappa shape index (κ1) is 18.0. The van der Waals surface area contributed by atoms with E-state index in [4.69, 9.17) is 5.11 Å². The van der Waals surface area contributed by atoms with E-state index in [0.29, 0.717) is 25.9 Å². The average Bonchev–Trinajstić information content (AvgIpc) is 2.52. The minimum atomic E-state index is -4.51. The fourth-order valence-electron chi connectivity index (χ4n) is 3.33. The summed E-state index contributed by atoms with van der Waals surface area (Å²) in [6.07, 6.45) is -4.33. The van der Waals surface area contributed by atoms with Crippen molar-refractivity contribution in [2.24, 2.45) is 5.41 Å². The Labute approximate surface area is 142 Å². The topological polar surface area (TPSA) is 77.9 Å². The highest BCUT2D eigenvalue weighted by molar-refractivity contribution is 7.89. The molecule has 1 aromatic rings. The summed E-state index contributed by atoms with van der Waals surface area (Å²) in [5, 5.41) is 8.95. The Morgan fingerprint density at radius 1 is 1.08 bits per heavy atom. The zero-order chi connectivity index (χ0) is 18.5. The number of likely N-dealkylation sites (tertiary alicyclic amines) is 1. The Morgan fingerprint density at radius 3 is 2.04 bits per heavy atom. The van der Waals surface area contributed by atoms with E-state index in [0.717, 1.165) is 24.3 Å².